The first kappa shape index (κ1) is 13.5. The summed E-state index contributed by atoms with van der Waals surface area (Å²) in [4.78, 5) is 16.0. The molecule has 4 heteroatoms. The van der Waals surface area contributed by atoms with Crippen LogP contribution < -0.4 is 5.32 Å². The Kier molecular flexibility index (Phi) is 4.12. The maximum Gasteiger partial charge on any atom is 0.248 e. The van der Waals surface area contributed by atoms with Crippen LogP contribution in [0.4, 0.5) is 5.69 Å². The Morgan fingerprint density at radius 2 is 2.05 bits per heavy atom. The fourth-order valence-corrected chi connectivity index (χ4v) is 2.20. The molecule has 98 valence electrons. The molecule has 1 N–H and O–H groups in total. The Hall–Kier alpha value is -1.94. The summed E-state index contributed by atoms with van der Waals surface area (Å²) in [6, 6.07) is 5.87. The van der Waals surface area contributed by atoms with Crippen LogP contribution in [0.3, 0.4) is 0 Å². The number of anilines is 1. The molecule has 1 aromatic heterocycles. The summed E-state index contributed by atoms with van der Waals surface area (Å²) in [7, 11) is 0. The molecule has 0 saturated heterocycles. The minimum absolute atomic E-state index is 0.145. The van der Waals surface area contributed by atoms with Gasteiger partial charge in [0.2, 0.25) is 5.91 Å². The van der Waals surface area contributed by atoms with E-state index in [2.05, 4.69) is 10.3 Å². The van der Waals surface area contributed by atoms with E-state index in [1.807, 2.05) is 44.4 Å². The second kappa shape index (κ2) is 5.80. The summed E-state index contributed by atoms with van der Waals surface area (Å²) in [6.45, 7) is 6.02. The van der Waals surface area contributed by atoms with Crippen molar-refractivity contribution in [2.24, 2.45) is 0 Å². The molecular formula is C15H16N2OS. The molecule has 3 nitrogen and oxygen atoms in total. The van der Waals surface area contributed by atoms with Crippen molar-refractivity contribution in [3.63, 3.8) is 0 Å². The van der Waals surface area contributed by atoms with Crippen molar-refractivity contribution in [1.29, 1.82) is 0 Å². The molecule has 0 aliphatic rings. The summed E-state index contributed by atoms with van der Waals surface area (Å²) < 4.78 is 0. The maximum absolute atomic E-state index is 11.8. The van der Waals surface area contributed by atoms with E-state index in [4.69, 9.17) is 0 Å². The van der Waals surface area contributed by atoms with Gasteiger partial charge in [-0.3, -0.25) is 4.79 Å². The number of nitrogens with one attached hydrogen (secondary N) is 1. The molecule has 0 spiro atoms. The third kappa shape index (κ3) is 3.76. The van der Waals surface area contributed by atoms with E-state index >= 15 is 0 Å². The Labute approximate surface area is 117 Å². The number of hydrogen-bond donors (Lipinski definition) is 1. The van der Waals surface area contributed by atoms with Gasteiger partial charge in [-0.1, -0.05) is 6.07 Å². The van der Waals surface area contributed by atoms with Gasteiger partial charge in [0.1, 0.15) is 0 Å². The first-order chi connectivity index (χ1) is 9.04. The van der Waals surface area contributed by atoms with Gasteiger partial charge in [0.15, 0.2) is 0 Å². The average molecular weight is 272 g/mol. The van der Waals surface area contributed by atoms with E-state index in [-0.39, 0.29) is 5.91 Å². The highest BCUT2D eigenvalue weighted by Gasteiger charge is 2.00. The standard InChI is InChI=1S/C15H16N2OS/c1-10-4-5-13(8-11(10)2)17-15(18)7-6-14-9-19-12(3)16-14/h4-9H,1-3H3,(H,17,18). The Balaban J connectivity index is 2.01. The quantitative estimate of drug-likeness (QED) is 0.865. The van der Waals surface area contributed by atoms with Gasteiger partial charge in [-0.15, -0.1) is 11.3 Å². The van der Waals surface area contributed by atoms with Crippen LogP contribution in [-0.2, 0) is 4.79 Å². The maximum atomic E-state index is 11.8. The largest absolute Gasteiger partial charge is 0.323 e. The molecule has 0 saturated carbocycles. The minimum atomic E-state index is -0.145. The lowest BCUT2D eigenvalue weighted by atomic mass is 10.1. The highest BCUT2D eigenvalue weighted by Crippen LogP contribution is 2.14. The van der Waals surface area contributed by atoms with E-state index in [1.54, 1.807) is 17.4 Å². The molecule has 0 fully saturated rings. The zero-order valence-electron chi connectivity index (χ0n) is 11.2. The smallest absolute Gasteiger partial charge is 0.248 e. The average Bonchev–Trinajstić information content (AvgIpc) is 2.77. The van der Waals surface area contributed by atoms with Crippen LogP contribution in [0.2, 0.25) is 0 Å². The molecule has 2 aromatic rings. The zero-order chi connectivity index (χ0) is 13.8. The van der Waals surface area contributed by atoms with E-state index in [0.29, 0.717) is 0 Å². The van der Waals surface area contributed by atoms with Gasteiger partial charge < -0.3 is 5.32 Å². The first-order valence-electron chi connectivity index (χ1n) is 6.03. The fraction of sp³-hybridized carbons (Fsp3) is 0.200. The van der Waals surface area contributed by atoms with Crippen molar-refractivity contribution >= 4 is 29.0 Å². The van der Waals surface area contributed by atoms with Gasteiger partial charge in [-0.05, 0) is 50.1 Å². The molecule has 0 unspecified atom stereocenters. The van der Waals surface area contributed by atoms with Gasteiger partial charge in [-0.25, -0.2) is 4.98 Å². The van der Waals surface area contributed by atoms with Gasteiger partial charge in [0, 0.05) is 17.1 Å². The van der Waals surface area contributed by atoms with Crippen molar-refractivity contribution in [3.05, 3.63) is 51.5 Å². The van der Waals surface area contributed by atoms with Crippen LogP contribution in [0.1, 0.15) is 21.8 Å². The lowest BCUT2D eigenvalue weighted by Crippen LogP contribution is -2.07. The second-order valence-corrected chi connectivity index (χ2v) is 5.48. The van der Waals surface area contributed by atoms with Crippen LogP contribution in [0.5, 0.6) is 0 Å². The van der Waals surface area contributed by atoms with Crippen LogP contribution in [0.15, 0.2) is 29.7 Å². The number of amides is 1. The minimum Gasteiger partial charge on any atom is -0.323 e. The van der Waals surface area contributed by atoms with E-state index < -0.39 is 0 Å². The second-order valence-electron chi connectivity index (χ2n) is 4.41. The van der Waals surface area contributed by atoms with Gasteiger partial charge >= 0.3 is 0 Å². The van der Waals surface area contributed by atoms with Crippen molar-refractivity contribution in [1.82, 2.24) is 4.98 Å². The van der Waals surface area contributed by atoms with Gasteiger partial charge in [-0.2, -0.15) is 0 Å². The monoisotopic (exact) mass is 272 g/mol. The zero-order valence-corrected chi connectivity index (χ0v) is 12.0. The third-order valence-corrected chi connectivity index (χ3v) is 3.61. The fourth-order valence-electron chi connectivity index (χ4n) is 1.62. The van der Waals surface area contributed by atoms with Gasteiger partial charge in [0.25, 0.3) is 0 Å². The van der Waals surface area contributed by atoms with E-state index in [0.717, 1.165) is 22.0 Å². The van der Waals surface area contributed by atoms with Crippen LogP contribution in [0.25, 0.3) is 6.08 Å². The number of aromatic nitrogens is 1. The summed E-state index contributed by atoms with van der Waals surface area (Å²) in [6.07, 6.45) is 3.23. The number of benzene rings is 1. The van der Waals surface area contributed by atoms with E-state index in [9.17, 15) is 4.79 Å². The lowest BCUT2D eigenvalue weighted by Gasteiger charge is -2.05. The molecule has 0 bridgehead atoms. The molecule has 0 radical (unpaired) electrons. The molecule has 0 aliphatic carbocycles. The molecular weight excluding hydrogens is 256 g/mol. The predicted octanol–water partition coefficient (Wildman–Crippen LogP) is 3.72. The Morgan fingerprint density at radius 3 is 2.68 bits per heavy atom. The number of carbonyl (C=O) groups is 1. The third-order valence-electron chi connectivity index (χ3n) is 2.82. The molecule has 2 rings (SSSR count). The topological polar surface area (TPSA) is 42.0 Å². The Morgan fingerprint density at radius 1 is 1.26 bits per heavy atom. The van der Waals surface area contributed by atoms with Crippen LogP contribution in [-0.4, -0.2) is 10.9 Å². The molecule has 1 heterocycles. The van der Waals surface area contributed by atoms with Crippen molar-refractivity contribution < 1.29 is 4.79 Å². The van der Waals surface area contributed by atoms with Crippen LogP contribution in [0, 0.1) is 20.8 Å². The summed E-state index contributed by atoms with van der Waals surface area (Å²) in [5, 5.41) is 5.76. The highest BCUT2D eigenvalue weighted by atomic mass is 32.1. The van der Waals surface area contributed by atoms with Crippen molar-refractivity contribution in [2.75, 3.05) is 5.32 Å². The number of rotatable bonds is 3. The molecule has 0 aliphatic heterocycles. The predicted molar refractivity (Wildman–Crippen MR) is 80.4 cm³/mol. The SMILES string of the molecule is Cc1nc(C=CC(=O)Nc2ccc(C)c(C)c2)cs1. The van der Waals surface area contributed by atoms with Gasteiger partial charge in [0.05, 0.1) is 10.7 Å². The number of nitrogens with zero attached hydrogens (tertiary/aromatic N) is 1. The molecule has 0 atom stereocenters. The molecule has 1 aromatic carbocycles. The Bertz CT molecular complexity index is 629. The van der Waals surface area contributed by atoms with Crippen LogP contribution >= 0.6 is 11.3 Å². The van der Waals surface area contributed by atoms with E-state index in [1.165, 1.54) is 11.6 Å². The summed E-state index contributed by atoms with van der Waals surface area (Å²) in [5.74, 6) is -0.145. The molecule has 19 heavy (non-hydrogen) atoms. The summed E-state index contributed by atoms with van der Waals surface area (Å²) in [5.41, 5.74) is 4.01. The normalized spacial score (nSPS) is 10.9. The first-order valence-corrected chi connectivity index (χ1v) is 6.91. The number of hydrogen-bond acceptors (Lipinski definition) is 3. The number of carbonyl (C=O) groups excluding carboxylic acids is 1. The molecule has 1 amide bonds. The number of aryl methyl sites for hydroxylation is 3. The van der Waals surface area contributed by atoms with Crippen molar-refractivity contribution in [3.8, 4) is 0 Å². The number of thiazole rings is 1. The lowest BCUT2D eigenvalue weighted by molar-refractivity contribution is -0.111. The van der Waals surface area contributed by atoms with Crippen molar-refractivity contribution in [2.45, 2.75) is 20.8 Å². The highest BCUT2D eigenvalue weighted by molar-refractivity contribution is 7.09. The summed E-state index contributed by atoms with van der Waals surface area (Å²) >= 11 is 1.57.